The predicted molar refractivity (Wildman–Crippen MR) is 135 cm³/mol. The first kappa shape index (κ1) is 28.6. The average Bonchev–Trinajstić information content (AvgIpc) is 2.85. The van der Waals surface area contributed by atoms with Crippen LogP contribution in [0.25, 0.3) is 0 Å². The highest BCUT2D eigenvalue weighted by molar-refractivity contribution is 6.07. The zero-order valence-corrected chi connectivity index (χ0v) is 20.5. The van der Waals surface area contributed by atoms with Crippen LogP contribution in [0.5, 0.6) is 5.75 Å². The normalized spacial score (nSPS) is 10.9. The molecule has 0 aliphatic rings. The van der Waals surface area contributed by atoms with Gasteiger partial charge in [0.15, 0.2) is 0 Å². The molecule has 0 heterocycles. The standard InChI is InChI=1S/C26H22F4N4O5/c1-14(35)31-18-7-3-16(4-8-18)23(37)33-20-11-12-22(39-26(29,30)25(27)28)21(13-20)34-24(38)17-5-9-19(10-6-17)32-15(2)36/h3-13,25H,1-2H3,(H,31,35)(H,32,36)(H,33,37)(H,34,38). The second-order valence-corrected chi connectivity index (χ2v) is 8.10. The minimum Gasteiger partial charge on any atom is -0.426 e. The molecule has 4 amide bonds. The fourth-order valence-corrected chi connectivity index (χ4v) is 3.20. The van der Waals surface area contributed by atoms with Crippen LogP contribution in [0.15, 0.2) is 66.7 Å². The van der Waals surface area contributed by atoms with Gasteiger partial charge in [0.25, 0.3) is 11.8 Å². The molecule has 4 N–H and O–H groups in total. The van der Waals surface area contributed by atoms with Gasteiger partial charge < -0.3 is 26.0 Å². The molecule has 0 bridgehead atoms. The van der Waals surface area contributed by atoms with E-state index in [1.54, 1.807) is 0 Å². The number of halogens is 4. The molecule has 0 saturated heterocycles. The lowest BCUT2D eigenvalue weighted by Gasteiger charge is -2.20. The van der Waals surface area contributed by atoms with Gasteiger partial charge >= 0.3 is 12.5 Å². The third-order valence-electron chi connectivity index (χ3n) is 4.92. The van der Waals surface area contributed by atoms with E-state index in [9.17, 15) is 36.7 Å². The van der Waals surface area contributed by atoms with Gasteiger partial charge in [-0.2, -0.15) is 17.6 Å². The molecule has 13 heteroatoms. The van der Waals surface area contributed by atoms with Crippen LogP contribution in [-0.2, 0) is 9.59 Å². The van der Waals surface area contributed by atoms with Crippen molar-refractivity contribution in [1.29, 1.82) is 0 Å². The molecule has 0 spiro atoms. The van der Waals surface area contributed by atoms with Crippen molar-refractivity contribution < 1.29 is 41.5 Å². The number of carbonyl (C=O) groups is 4. The highest BCUT2D eigenvalue weighted by Gasteiger charge is 2.44. The number of rotatable bonds is 9. The van der Waals surface area contributed by atoms with E-state index in [2.05, 4.69) is 26.0 Å². The van der Waals surface area contributed by atoms with Gasteiger partial charge in [-0.1, -0.05) is 0 Å². The Kier molecular flexibility index (Phi) is 8.86. The van der Waals surface area contributed by atoms with Gasteiger partial charge in [-0.15, -0.1) is 0 Å². The van der Waals surface area contributed by atoms with Crippen molar-refractivity contribution in [2.45, 2.75) is 26.4 Å². The molecule has 3 aromatic rings. The highest BCUT2D eigenvalue weighted by Crippen LogP contribution is 2.35. The van der Waals surface area contributed by atoms with E-state index < -0.39 is 35.8 Å². The summed E-state index contributed by atoms with van der Waals surface area (Å²) in [4.78, 5) is 47.7. The van der Waals surface area contributed by atoms with E-state index in [1.807, 2.05) is 0 Å². The van der Waals surface area contributed by atoms with Crippen molar-refractivity contribution in [2.75, 3.05) is 21.3 Å². The molecule has 0 fully saturated rings. The molecule has 204 valence electrons. The molecule has 0 aromatic heterocycles. The lowest BCUT2D eigenvalue weighted by molar-refractivity contribution is -0.252. The molecule has 39 heavy (non-hydrogen) atoms. The number of hydrogen-bond donors (Lipinski definition) is 4. The summed E-state index contributed by atoms with van der Waals surface area (Å²) in [6.45, 7) is 2.62. The van der Waals surface area contributed by atoms with E-state index in [1.165, 1.54) is 62.4 Å². The van der Waals surface area contributed by atoms with Crippen molar-refractivity contribution >= 4 is 46.4 Å². The highest BCUT2D eigenvalue weighted by atomic mass is 19.3. The van der Waals surface area contributed by atoms with Crippen molar-refractivity contribution in [3.63, 3.8) is 0 Å². The minimum absolute atomic E-state index is 0.0231. The van der Waals surface area contributed by atoms with Crippen LogP contribution in [0.3, 0.4) is 0 Å². The Balaban J connectivity index is 1.85. The Morgan fingerprint density at radius 2 is 1.10 bits per heavy atom. The summed E-state index contributed by atoms with van der Waals surface area (Å²) in [7, 11) is 0. The van der Waals surface area contributed by atoms with Gasteiger partial charge in [0.1, 0.15) is 5.75 Å². The van der Waals surface area contributed by atoms with Crippen molar-refractivity contribution in [1.82, 2.24) is 0 Å². The van der Waals surface area contributed by atoms with Gasteiger partial charge in [0, 0.05) is 42.0 Å². The molecule has 0 unspecified atom stereocenters. The molecule has 3 aromatic carbocycles. The first-order valence-electron chi connectivity index (χ1n) is 11.2. The maximum atomic E-state index is 13.6. The number of benzene rings is 3. The van der Waals surface area contributed by atoms with Crippen LogP contribution in [0.2, 0.25) is 0 Å². The molecule has 3 rings (SSSR count). The van der Waals surface area contributed by atoms with Gasteiger partial charge in [-0.25, -0.2) is 0 Å². The zero-order valence-electron chi connectivity index (χ0n) is 20.5. The Morgan fingerprint density at radius 3 is 1.54 bits per heavy atom. The number of alkyl halides is 4. The van der Waals surface area contributed by atoms with Gasteiger partial charge in [-0.05, 0) is 66.7 Å². The van der Waals surface area contributed by atoms with E-state index in [4.69, 9.17) is 0 Å². The average molecular weight is 546 g/mol. The molecule has 0 radical (unpaired) electrons. The second-order valence-electron chi connectivity index (χ2n) is 8.10. The number of carbonyl (C=O) groups excluding carboxylic acids is 4. The van der Waals surface area contributed by atoms with Crippen molar-refractivity contribution in [3.05, 3.63) is 77.9 Å². The molecular formula is C26H22F4N4O5. The quantitative estimate of drug-likeness (QED) is 0.270. The fraction of sp³-hybridized carbons (Fsp3) is 0.154. The van der Waals surface area contributed by atoms with E-state index >= 15 is 0 Å². The van der Waals surface area contributed by atoms with Crippen LogP contribution in [0, 0.1) is 0 Å². The molecular weight excluding hydrogens is 524 g/mol. The van der Waals surface area contributed by atoms with Gasteiger partial charge in [0.05, 0.1) is 5.69 Å². The smallest absolute Gasteiger partial charge is 0.426 e. The lowest BCUT2D eigenvalue weighted by Crippen LogP contribution is -2.33. The summed E-state index contributed by atoms with van der Waals surface area (Å²) in [5.41, 5.74) is 0.674. The van der Waals surface area contributed by atoms with Gasteiger partial charge in [0.2, 0.25) is 11.8 Å². The summed E-state index contributed by atoms with van der Waals surface area (Å²) in [6, 6.07) is 14.4. The molecule has 0 aliphatic heterocycles. The van der Waals surface area contributed by atoms with E-state index in [0.29, 0.717) is 11.4 Å². The predicted octanol–water partition coefficient (Wildman–Crippen LogP) is 5.34. The number of amides is 4. The van der Waals surface area contributed by atoms with Crippen LogP contribution < -0.4 is 26.0 Å². The fourth-order valence-electron chi connectivity index (χ4n) is 3.20. The second kappa shape index (κ2) is 12.1. The number of hydrogen-bond acceptors (Lipinski definition) is 5. The Morgan fingerprint density at radius 1 is 0.667 bits per heavy atom. The van der Waals surface area contributed by atoms with Crippen LogP contribution in [-0.4, -0.2) is 36.2 Å². The molecule has 9 nitrogen and oxygen atoms in total. The van der Waals surface area contributed by atoms with E-state index in [-0.39, 0.29) is 28.6 Å². The molecule has 0 saturated carbocycles. The summed E-state index contributed by atoms with van der Waals surface area (Å²) < 4.78 is 57.0. The van der Waals surface area contributed by atoms with Crippen LogP contribution >= 0.6 is 0 Å². The molecule has 0 aliphatic carbocycles. The number of anilines is 4. The van der Waals surface area contributed by atoms with Crippen LogP contribution in [0.1, 0.15) is 34.6 Å². The van der Waals surface area contributed by atoms with Crippen molar-refractivity contribution in [3.8, 4) is 5.75 Å². The number of ether oxygens (including phenoxy) is 1. The third-order valence-corrected chi connectivity index (χ3v) is 4.92. The molecule has 0 atom stereocenters. The van der Waals surface area contributed by atoms with Gasteiger partial charge in [-0.3, -0.25) is 19.2 Å². The lowest BCUT2D eigenvalue weighted by atomic mass is 10.1. The maximum absolute atomic E-state index is 13.6. The Hall–Kier alpha value is -4.94. The Bertz CT molecular complexity index is 1380. The first-order chi connectivity index (χ1) is 18.3. The summed E-state index contributed by atoms with van der Waals surface area (Å²) >= 11 is 0. The first-order valence-corrected chi connectivity index (χ1v) is 11.2. The SMILES string of the molecule is CC(=O)Nc1ccc(C(=O)Nc2ccc(OC(F)(F)C(F)F)c(NC(=O)c3ccc(NC(C)=O)cc3)c2)cc1. The monoisotopic (exact) mass is 546 g/mol. The van der Waals surface area contributed by atoms with E-state index in [0.717, 1.165) is 18.2 Å². The minimum atomic E-state index is -4.86. The topological polar surface area (TPSA) is 126 Å². The Labute approximate surface area is 219 Å². The summed E-state index contributed by atoms with van der Waals surface area (Å²) in [6.07, 6.45) is -9.01. The summed E-state index contributed by atoms with van der Waals surface area (Å²) in [5.74, 6) is -2.85. The maximum Gasteiger partial charge on any atom is 0.461 e. The van der Waals surface area contributed by atoms with Crippen molar-refractivity contribution in [2.24, 2.45) is 0 Å². The largest absolute Gasteiger partial charge is 0.461 e. The summed E-state index contributed by atoms with van der Waals surface area (Å²) in [5, 5.41) is 9.87. The number of nitrogens with one attached hydrogen (secondary N) is 4. The zero-order chi connectivity index (χ0) is 28.7. The third kappa shape index (κ3) is 8.02. The van der Waals surface area contributed by atoms with Crippen LogP contribution in [0.4, 0.5) is 40.3 Å².